The molecule has 132 valence electrons. The summed E-state index contributed by atoms with van der Waals surface area (Å²) < 4.78 is 0. The van der Waals surface area contributed by atoms with Gasteiger partial charge >= 0.3 is 0 Å². The van der Waals surface area contributed by atoms with Crippen LogP contribution in [-0.2, 0) is 0 Å². The average Bonchev–Trinajstić information content (AvgIpc) is 2.91. The molecule has 4 rings (SSSR count). The zero-order valence-corrected chi connectivity index (χ0v) is 14.7. The molecule has 0 saturated carbocycles. The Morgan fingerprint density at radius 1 is 1.23 bits per heavy atom. The quantitative estimate of drug-likeness (QED) is 0.843. The summed E-state index contributed by atoms with van der Waals surface area (Å²) in [5, 5.41) is 9.29. The van der Waals surface area contributed by atoms with Crippen molar-refractivity contribution in [1.82, 2.24) is 9.88 Å². The van der Waals surface area contributed by atoms with E-state index in [1.165, 1.54) is 0 Å². The van der Waals surface area contributed by atoms with Crippen LogP contribution in [0.3, 0.4) is 0 Å². The first-order valence-electron chi connectivity index (χ1n) is 8.88. The fourth-order valence-electron chi connectivity index (χ4n) is 4.18. The third-order valence-electron chi connectivity index (χ3n) is 5.50. The van der Waals surface area contributed by atoms with Crippen LogP contribution in [0.15, 0.2) is 36.5 Å². The van der Waals surface area contributed by atoms with E-state index in [-0.39, 0.29) is 18.0 Å². The number of benzene rings is 1. The number of amides is 1. The average molecular weight is 347 g/mol. The van der Waals surface area contributed by atoms with Crippen molar-refractivity contribution in [1.29, 1.82) is 5.26 Å². The predicted molar refractivity (Wildman–Crippen MR) is 99.7 cm³/mol. The molecule has 2 unspecified atom stereocenters. The normalized spacial score (nSPS) is 21.5. The largest absolute Gasteiger partial charge is 0.398 e. The molecule has 2 aliphatic heterocycles. The van der Waals surface area contributed by atoms with E-state index in [2.05, 4.69) is 16.0 Å². The number of fused-ring (bicyclic) bond motifs is 2. The number of nitrogens with zero attached hydrogens (tertiary/aromatic N) is 4. The number of hydrogen-bond donors (Lipinski definition) is 1. The second-order valence-electron chi connectivity index (χ2n) is 7.01. The van der Waals surface area contributed by atoms with Crippen LogP contribution < -0.4 is 10.6 Å². The number of para-hydroxylation sites is 1. The van der Waals surface area contributed by atoms with Crippen LogP contribution in [0, 0.1) is 18.3 Å². The number of carbonyl (C=O) groups excluding carboxylic acids is 1. The number of rotatable bonds is 2. The predicted octanol–water partition coefficient (Wildman–Crippen LogP) is 2.34. The van der Waals surface area contributed by atoms with Crippen LogP contribution in [0.2, 0.25) is 0 Å². The molecular weight excluding hydrogens is 326 g/mol. The molecule has 0 spiro atoms. The van der Waals surface area contributed by atoms with Gasteiger partial charge in [0.25, 0.3) is 5.91 Å². The van der Waals surface area contributed by atoms with Crippen molar-refractivity contribution in [2.75, 3.05) is 23.7 Å². The van der Waals surface area contributed by atoms with Crippen LogP contribution in [0.1, 0.15) is 34.3 Å². The molecule has 2 saturated heterocycles. The van der Waals surface area contributed by atoms with Gasteiger partial charge in [-0.15, -0.1) is 0 Å². The Hall–Kier alpha value is -3.07. The minimum atomic E-state index is -0.00453. The monoisotopic (exact) mass is 347 g/mol. The Kier molecular flexibility index (Phi) is 4.00. The number of anilines is 2. The van der Waals surface area contributed by atoms with Crippen molar-refractivity contribution in [2.24, 2.45) is 0 Å². The molecule has 0 aliphatic carbocycles. The van der Waals surface area contributed by atoms with Gasteiger partial charge < -0.3 is 15.5 Å². The standard InChI is InChI=1S/C20H21N5O/c1-13-14(10-21)8-9-23-19(13)25-15-6-7-16(25)12-24(11-15)20(26)17-4-2-3-5-18(17)22/h2-5,8-9,15-16H,6-7,11-12,22H2,1H3. The van der Waals surface area contributed by atoms with E-state index in [4.69, 9.17) is 5.73 Å². The number of carbonyl (C=O) groups is 1. The van der Waals surface area contributed by atoms with Crippen molar-refractivity contribution in [2.45, 2.75) is 31.8 Å². The van der Waals surface area contributed by atoms with Crippen molar-refractivity contribution in [3.63, 3.8) is 0 Å². The lowest BCUT2D eigenvalue weighted by Crippen LogP contribution is -2.56. The van der Waals surface area contributed by atoms with Crippen LogP contribution in [0.4, 0.5) is 11.5 Å². The molecule has 1 amide bonds. The number of pyridine rings is 1. The summed E-state index contributed by atoms with van der Waals surface area (Å²) in [6.45, 7) is 3.26. The number of nitrogen functional groups attached to an aromatic ring is 1. The fourth-order valence-corrected chi connectivity index (χ4v) is 4.18. The molecule has 1 aromatic carbocycles. The molecule has 2 atom stereocenters. The molecule has 3 heterocycles. The SMILES string of the molecule is Cc1c(C#N)ccnc1N1C2CCC1CN(C(=O)c1ccccc1N)C2. The van der Waals surface area contributed by atoms with Gasteiger partial charge in [0.05, 0.1) is 17.2 Å². The van der Waals surface area contributed by atoms with Crippen LogP contribution in [0.5, 0.6) is 0 Å². The van der Waals surface area contributed by atoms with E-state index < -0.39 is 0 Å². The molecule has 2 bridgehead atoms. The Labute approximate surface area is 152 Å². The highest BCUT2D eigenvalue weighted by atomic mass is 16.2. The summed E-state index contributed by atoms with van der Waals surface area (Å²) in [5.74, 6) is 0.873. The molecule has 2 N–H and O–H groups in total. The first-order chi connectivity index (χ1) is 12.6. The third kappa shape index (κ3) is 2.57. The fraction of sp³-hybridized carbons (Fsp3) is 0.350. The van der Waals surface area contributed by atoms with E-state index in [9.17, 15) is 10.1 Å². The molecule has 6 heteroatoms. The smallest absolute Gasteiger partial charge is 0.256 e. The van der Waals surface area contributed by atoms with Gasteiger partial charge in [0.15, 0.2) is 0 Å². The molecule has 1 aromatic heterocycles. The maximum atomic E-state index is 12.9. The number of nitrogens with two attached hydrogens (primary N) is 1. The minimum absolute atomic E-state index is 0.00453. The van der Waals surface area contributed by atoms with Gasteiger partial charge in [0, 0.05) is 42.6 Å². The topological polar surface area (TPSA) is 86.2 Å². The van der Waals surface area contributed by atoms with E-state index in [1.807, 2.05) is 24.0 Å². The second-order valence-corrected chi connectivity index (χ2v) is 7.01. The zero-order chi connectivity index (χ0) is 18.3. The lowest BCUT2D eigenvalue weighted by Gasteiger charge is -2.42. The first-order valence-corrected chi connectivity index (χ1v) is 8.88. The Balaban J connectivity index is 1.60. The number of aromatic nitrogens is 1. The molecule has 26 heavy (non-hydrogen) atoms. The molecule has 2 aliphatic rings. The summed E-state index contributed by atoms with van der Waals surface area (Å²) in [6, 6.07) is 11.7. The van der Waals surface area contributed by atoms with Crippen molar-refractivity contribution in [3.05, 3.63) is 53.2 Å². The van der Waals surface area contributed by atoms with E-state index in [0.29, 0.717) is 29.9 Å². The second kappa shape index (κ2) is 6.34. The third-order valence-corrected chi connectivity index (χ3v) is 5.50. The van der Waals surface area contributed by atoms with Gasteiger partial charge in [-0.05, 0) is 38.0 Å². The summed E-state index contributed by atoms with van der Waals surface area (Å²) in [6.07, 6.45) is 3.75. The zero-order valence-electron chi connectivity index (χ0n) is 14.7. The van der Waals surface area contributed by atoms with Gasteiger partial charge in [-0.25, -0.2) is 4.98 Å². The summed E-state index contributed by atoms with van der Waals surface area (Å²) in [7, 11) is 0. The number of nitriles is 1. The summed E-state index contributed by atoms with van der Waals surface area (Å²) in [4.78, 5) is 21.7. The highest BCUT2D eigenvalue weighted by molar-refractivity contribution is 5.99. The highest BCUT2D eigenvalue weighted by Gasteiger charge is 2.42. The molecule has 2 fully saturated rings. The maximum Gasteiger partial charge on any atom is 0.256 e. The maximum absolute atomic E-state index is 12.9. The van der Waals surface area contributed by atoms with Crippen LogP contribution in [0.25, 0.3) is 0 Å². The van der Waals surface area contributed by atoms with Crippen LogP contribution in [-0.4, -0.2) is 41.0 Å². The molecule has 0 radical (unpaired) electrons. The number of hydrogen-bond acceptors (Lipinski definition) is 5. The van der Waals surface area contributed by atoms with E-state index >= 15 is 0 Å². The van der Waals surface area contributed by atoms with Gasteiger partial charge in [0.2, 0.25) is 0 Å². The first kappa shape index (κ1) is 16.4. The summed E-state index contributed by atoms with van der Waals surface area (Å²) >= 11 is 0. The van der Waals surface area contributed by atoms with Gasteiger partial charge in [-0.2, -0.15) is 5.26 Å². The molecular formula is C20H21N5O. The highest BCUT2D eigenvalue weighted by Crippen LogP contribution is 2.36. The van der Waals surface area contributed by atoms with E-state index in [0.717, 1.165) is 24.2 Å². The number of piperazine rings is 1. The Morgan fingerprint density at radius 2 is 1.92 bits per heavy atom. The van der Waals surface area contributed by atoms with E-state index in [1.54, 1.807) is 24.4 Å². The van der Waals surface area contributed by atoms with Crippen molar-refractivity contribution in [3.8, 4) is 6.07 Å². The minimum Gasteiger partial charge on any atom is -0.398 e. The molecule has 2 aromatic rings. The lowest BCUT2D eigenvalue weighted by atomic mass is 10.1. The van der Waals surface area contributed by atoms with Gasteiger partial charge in [-0.3, -0.25) is 4.79 Å². The van der Waals surface area contributed by atoms with Gasteiger partial charge in [0.1, 0.15) is 5.82 Å². The van der Waals surface area contributed by atoms with Crippen LogP contribution >= 0.6 is 0 Å². The summed E-state index contributed by atoms with van der Waals surface area (Å²) in [5.41, 5.74) is 8.65. The Morgan fingerprint density at radius 3 is 2.58 bits per heavy atom. The van der Waals surface area contributed by atoms with Gasteiger partial charge in [-0.1, -0.05) is 12.1 Å². The van der Waals surface area contributed by atoms with Crippen molar-refractivity contribution < 1.29 is 4.79 Å². The molecule has 6 nitrogen and oxygen atoms in total. The Bertz CT molecular complexity index is 889. The van der Waals surface area contributed by atoms with Crippen molar-refractivity contribution >= 4 is 17.4 Å². The lowest BCUT2D eigenvalue weighted by molar-refractivity contribution is 0.0718. The number of likely N-dealkylation sites (tertiary alicyclic amines) is 1.